The van der Waals surface area contributed by atoms with Gasteiger partial charge >= 0.3 is 0 Å². The SMILES string of the molecule is c1ccc2c(c1)Cc1ccccc1N2c1cc(-c2nc3cccnc3s2)cc(-c2nc3cccnc3s2)c1. The highest BCUT2D eigenvalue weighted by Crippen LogP contribution is 2.46. The average molecular weight is 526 g/mol. The van der Waals surface area contributed by atoms with Crippen LogP contribution in [0, 0.1) is 0 Å². The minimum Gasteiger partial charge on any atom is -0.310 e. The molecule has 0 spiro atoms. The largest absolute Gasteiger partial charge is 0.310 e. The Hall–Kier alpha value is -4.46. The summed E-state index contributed by atoms with van der Waals surface area (Å²) in [5.41, 5.74) is 10.0. The Bertz CT molecular complexity index is 1790. The Morgan fingerprint density at radius 1 is 0.579 bits per heavy atom. The van der Waals surface area contributed by atoms with Gasteiger partial charge in [-0.15, -0.1) is 0 Å². The van der Waals surface area contributed by atoms with Crippen molar-refractivity contribution in [1.82, 2.24) is 19.9 Å². The molecule has 7 aromatic rings. The van der Waals surface area contributed by atoms with Gasteiger partial charge in [-0.1, -0.05) is 59.1 Å². The molecule has 5 nitrogen and oxygen atoms in total. The zero-order chi connectivity index (χ0) is 25.1. The molecule has 3 aromatic carbocycles. The first-order chi connectivity index (χ1) is 18.8. The van der Waals surface area contributed by atoms with E-state index < -0.39 is 0 Å². The van der Waals surface area contributed by atoms with E-state index in [1.54, 1.807) is 22.7 Å². The molecule has 0 atom stereocenters. The van der Waals surface area contributed by atoms with Crippen molar-refractivity contribution < 1.29 is 0 Å². The van der Waals surface area contributed by atoms with Gasteiger partial charge < -0.3 is 4.90 Å². The van der Waals surface area contributed by atoms with Crippen LogP contribution in [0.1, 0.15) is 11.1 Å². The fourth-order valence-electron chi connectivity index (χ4n) is 5.14. The van der Waals surface area contributed by atoms with Crippen LogP contribution in [0.3, 0.4) is 0 Å². The average Bonchev–Trinajstić information content (AvgIpc) is 3.60. The van der Waals surface area contributed by atoms with E-state index in [4.69, 9.17) is 9.97 Å². The molecular formula is C31H19N5S2. The van der Waals surface area contributed by atoms with E-state index in [1.807, 2.05) is 36.7 Å². The molecule has 0 radical (unpaired) electrons. The van der Waals surface area contributed by atoms with Crippen LogP contribution < -0.4 is 4.90 Å². The number of fused-ring (bicyclic) bond motifs is 4. The summed E-state index contributed by atoms with van der Waals surface area (Å²) >= 11 is 3.23. The fraction of sp³-hybridized carbons (Fsp3) is 0.0323. The molecule has 0 saturated carbocycles. The summed E-state index contributed by atoms with van der Waals surface area (Å²) in [7, 11) is 0. The standard InChI is InChI=1S/C31H19N5S2/c1-3-11-26-19(7-1)15-20-8-2-4-12-27(20)36(26)23-17-21(28-34-24-9-5-13-32-30(24)37-28)16-22(18-23)29-35-25-10-6-14-33-31(25)38-29/h1-14,16-18H,15H2. The van der Waals surface area contributed by atoms with Crippen molar-refractivity contribution in [2.75, 3.05) is 4.90 Å². The van der Waals surface area contributed by atoms with Gasteiger partial charge in [0.1, 0.15) is 30.7 Å². The highest BCUT2D eigenvalue weighted by molar-refractivity contribution is 7.21. The van der Waals surface area contributed by atoms with Gasteiger partial charge in [0.2, 0.25) is 0 Å². The van der Waals surface area contributed by atoms with Gasteiger partial charge in [0, 0.05) is 47.0 Å². The van der Waals surface area contributed by atoms with Crippen molar-refractivity contribution in [3.8, 4) is 21.1 Å². The number of benzene rings is 3. The lowest BCUT2D eigenvalue weighted by atomic mass is 9.94. The second kappa shape index (κ2) is 8.55. The third kappa shape index (κ3) is 3.51. The monoisotopic (exact) mass is 525 g/mol. The summed E-state index contributed by atoms with van der Waals surface area (Å²) < 4.78 is 0. The highest BCUT2D eigenvalue weighted by atomic mass is 32.1. The quantitative estimate of drug-likeness (QED) is 0.232. The molecule has 180 valence electrons. The summed E-state index contributed by atoms with van der Waals surface area (Å²) in [6.45, 7) is 0. The number of anilines is 3. The predicted molar refractivity (Wildman–Crippen MR) is 157 cm³/mol. The van der Waals surface area contributed by atoms with Crippen molar-refractivity contribution in [3.05, 3.63) is 115 Å². The molecule has 0 unspecified atom stereocenters. The Balaban J connectivity index is 1.39. The number of rotatable bonds is 3. The highest BCUT2D eigenvalue weighted by Gasteiger charge is 2.25. The summed E-state index contributed by atoms with van der Waals surface area (Å²) in [5, 5.41) is 1.89. The molecule has 8 rings (SSSR count). The lowest BCUT2D eigenvalue weighted by Crippen LogP contribution is -2.18. The molecule has 0 amide bonds. The lowest BCUT2D eigenvalue weighted by molar-refractivity contribution is 1.09. The first-order valence-electron chi connectivity index (χ1n) is 12.3. The molecule has 0 aliphatic carbocycles. The van der Waals surface area contributed by atoms with E-state index >= 15 is 0 Å². The molecule has 7 heteroatoms. The van der Waals surface area contributed by atoms with Crippen molar-refractivity contribution in [2.45, 2.75) is 6.42 Å². The maximum Gasteiger partial charge on any atom is 0.143 e. The maximum atomic E-state index is 4.94. The van der Waals surface area contributed by atoms with E-state index in [0.717, 1.165) is 53.9 Å². The summed E-state index contributed by atoms with van der Waals surface area (Å²) in [4.78, 5) is 23.2. The first kappa shape index (κ1) is 21.6. The van der Waals surface area contributed by atoms with E-state index in [0.29, 0.717) is 0 Å². The van der Waals surface area contributed by atoms with Crippen LogP contribution in [0.25, 0.3) is 41.8 Å². The Morgan fingerprint density at radius 3 is 1.63 bits per heavy atom. The normalized spacial score (nSPS) is 12.6. The number of pyridine rings is 2. The van der Waals surface area contributed by atoms with E-state index in [2.05, 4.69) is 81.6 Å². The number of hydrogen-bond acceptors (Lipinski definition) is 7. The molecular weight excluding hydrogens is 507 g/mol. The van der Waals surface area contributed by atoms with E-state index in [1.165, 1.54) is 22.5 Å². The van der Waals surface area contributed by atoms with Gasteiger partial charge in [0.25, 0.3) is 0 Å². The zero-order valence-corrected chi connectivity index (χ0v) is 21.7. The molecule has 0 N–H and O–H groups in total. The van der Waals surface area contributed by atoms with Crippen LogP contribution in [0.4, 0.5) is 17.1 Å². The number of thiazole rings is 2. The van der Waals surface area contributed by atoms with Crippen LogP contribution in [-0.2, 0) is 6.42 Å². The van der Waals surface area contributed by atoms with Crippen molar-refractivity contribution in [2.24, 2.45) is 0 Å². The van der Waals surface area contributed by atoms with Gasteiger partial charge in [-0.2, -0.15) is 0 Å². The van der Waals surface area contributed by atoms with Gasteiger partial charge in [0.15, 0.2) is 0 Å². The molecule has 1 aliphatic heterocycles. The predicted octanol–water partition coefficient (Wildman–Crippen LogP) is 8.40. The minimum absolute atomic E-state index is 0.914. The number of nitrogens with zero attached hydrogens (tertiary/aromatic N) is 5. The zero-order valence-electron chi connectivity index (χ0n) is 20.1. The molecule has 38 heavy (non-hydrogen) atoms. The van der Waals surface area contributed by atoms with Crippen molar-refractivity contribution in [3.63, 3.8) is 0 Å². The van der Waals surface area contributed by atoms with Crippen LogP contribution in [0.2, 0.25) is 0 Å². The molecule has 0 saturated heterocycles. The van der Waals surface area contributed by atoms with Gasteiger partial charge in [-0.3, -0.25) is 0 Å². The van der Waals surface area contributed by atoms with Crippen LogP contribution in [0.15, 0.2) is 103 Å². The van der Waals surface area contributed by atoms with Crippen LogP contribution >= 0.6 is 22.7 Å². The fourth-order valence-corrected chi connectivity index (χ4v) is 6.93. The maximum absolute atomic E-state index is 4.94. The summed E-state index contributed by atoms with van der Waals surface area (Å²) in [5.74, 6) is 0. The minimum atomic E-state index is 0.914. The lowest BCUT2D eigenvalue weighted by Gasteiger charge is -2.34. The topological polar surface area (TPSA) is 54.8 Å². The first-order valence-corrected chi connectivity index (χ1v) is 14.0. The molecule has 0 bridgehead atoms. The third-order valence-corrected chi connectivity index (χ3v) is 8.91. The Labute approximate surface area is 226 Å². The van der Waals surface area contributed by atoms with Crippen molar-refractivity contribution >= 4 is 60.4 Å². The Morgan fingerprint density at radius 2 is 1.11 bits per heavy atom. The second-order valence-electron chi connectivity index (χ2n) is 9.23. The summed E-state index contributed by atoms with van der Waals surface area (Å²) in [6, 6.07) is 31.9. The van der Waals surface area contributed by atoms with Gasteiger partial charge in [0.05, 0.1) is 0 Å². The number of para-hydroxylation sites is 2. The van der Waals surface area contributed by atoms with E-state index in [9.17, 15) is 0 Å². The van der Waals surface area contributed by atoms with Gasteiger partial charge in [-0.05, 0) is 65.7 Å². The molecule has 4 aromatic heterocycles. The molecule has 1 aliphatic rings. The van der Waals surface area contributed by atoms with Gasteiger partial charge in [-0.25, -0.2) is 19.9 Å². The van der Waals surface area contributed by atoms with E-state index in [-0.39, 0.29) is 0 Å². The van der Waals surface area contributed by atoms with Crippen molar-refractivity contribution in [1.29, 1.82) is 0 Å². The van der Waals surface area contributed by atoms with Crippen LogP contribution in [0.5, 0.6) is 0 Å². The second-order valence-corrected chi connectivity index (χ2v) is 11.2. The number of aromatic nitrogens is 4. The molecule has 0 fully saturated rings. The number of hydrogen-bond donors (Lipinski definition) is 0. The third-order valence-electron chi connectivity index (χ3n) is 6.85. The smallest absolute Gasteiger partial charge is 0.143 e. The molecule has 5 heterocycles. The summed E-state index contributed by atoms with van der Waals surface area (Å²) in [6.07, 6.45) is 4.56. The Kier molecular flexibility index (Phi) is 4.86. The van der Waals surface area contributed by atoms with Crippen LogP contribution in [-0.4, -0.2) is 19.9 Å².